The van der Waals surface area contributed by atoms with Gasteiger partial charge in [0.1, 0.15) is 0 Å². The Bertz CT molecular complexity index is 517. The highest BCUT2D eigenvalue weighted by Crippen LogP contribution is 2.27. The molecular formula is C22H42IN5O. The lowest BCUT2D eigenvalue weighted by atomic mass is 9.94. The van der Waals surface area contributed by atoms with E-state index < -0.39 is 0 Å². The Balaban J connectivity index is 0.00000300. The first-order valence-electron chi connectivity index (χ1n) is 11.6. The molecule has 6 nitrogen and oxygen atoms in total. The molecule has 2 aliphatic carbocycles. The molecule has 1 amide bonds. The zero-order chi connectivity index (χ0) is 19.8. The Kier molecular flexibility index (Phi) is 11.0. The van der Waals surface area contributed by atoms with Crippen molar-refractivity contribution in [2.75, 3.05) is 40.3 Å². The summed E-state index contributed by atoms with van der Waals surface area (Å²) >= 11 is 0. The molecule has 1 aliphatic heterocycles. The van der Waals surface area contributed by atoms with Gasteiger partial charge in [-0.15, -0.1) is 24.0 Å². The van der Waals surface area contributed by atoms with Crippen molar-refractivity contribution in [3.05, 3.63) is 0 Å². The van der Waals surface area contributed by atoms with Crippen molar-refractivity contribution in [2.24, 2.45) is 10.9 Å². The van der Waals surface area contributed by atoms with E-state index in [1.165, 1.54) is 44.9 Å². The van der Waals surface area contributed by atoms with Crippen LogP contribution in [0.25, 0.3) is 0 Å². The first-order valence-corrected chi connectivity index (χ1v) is 11.6. The minimum absolute atomic E-state index is 0. The molecule has 0 radical (unpaired) electrons. The lowest BCUT2D eigenvalue weighted by Gasteiger charge is -2.31. The number of guanidine groups is 1. The van der Waals surface area contributed by atoms with Crippen molar-refractivity contribution in [3.8, 4) is 0 Å². The van der Waals surface area contributed by atoms with Crippen molar-refractivity contribution in [1.82, 2.24) is 20.4 Å². The van der Waals surface area contributed by atoms with Gasteiger partial charge in [0.2, 0.25) is 5.91 Å². The van der Waals surface area contributed by atoms with E-state index >= 15 is 0 Å². The van der Waals surface area contributed by atoms with Gasteiger partial charge < -0.3 is 20.4 Å². The molecule has 168 valence electrons. The minimum Gasteiger partial charge on any atom is -0.356 e. The van der Waals surface area contributed by atoms with Gasteiger partial charge in [-0.1, -0.05) is 32.1 Å². The van der Waals surface area contributed by atoms with Crippen molar-refractivity contribution in [3.63, 3.8) is 0 Å². The maximum Gasteiger partial charge on any atom is 0.225 e. The molecule has 0 aromatic carbocycles. The molecule has 2 saturated carbocycles. The number of nitrogens with one attached hydrogen (secondary N) is 2. The quantitative estimate of drug-likeness (QED) is 0.235. The fourth-order valence-electron chi connectivity index (χ4n) is 5.14. The maximum atomic E-state index is 12.6. The van der Waals surface area contributed by atoms with Crippen LogP contribution in [0.3, 0.4) is 0 Å². The fourth-order valence-corrected chi connectivity index (χ4v) is 5.14. The smallest absolute Gasteiger partial charge is 0.225 e. The van der Waals surface area contributed by atoms with Crippen LogP contribution in [0.5, 0.6) is 0 Å². The molecule has 1 unspecified atom stereocenters. The number of carbonyl (C=O) groups is 1. The highest BCUT2D eigenvalue weighted by molar-refractivity contribution is 14.0. The zero-order valence-electron chi connectivity index (χ0n) is 18.5. The minimum atomic E-state index is 0. The molecule has 1 atom stereocenters. The Hall–Kier alpha value is -0.570. The molecule has 3 rings (SSSR count). The van der Waals surface area contributed by atoms with Gasteiger partial charge in [-0.3, -0.25) is 9.79 Å². The van der Waals surface area contributed by atoms with Crippen LogP contribution in [0, 0.1) is 5.92 Å². The van der Waals surface area contributed by atoms with Crippen LogP contribution < -0.4 is 10.6 Å². The van der Waals surface area contributed by atoms with Crippen molar-refractivity contribution >= 4 is 35.8 Å². The number of aliphatic imine (C=N–C) groups is 1. The maximum absolute atomic E-state index is 12.6. The van der Waals surface area contributed by atoms with Gasteiger partial charge >= 0.3 is 0 Å². The van der Waals surface area contributed by atoms with Crippen molar-refractivity contribution in [1.29, 1.82) is 0 Å². The predicted molar refractivity (Wildman–Crippen MR) is 131 cm³/mol. The number of amides is 1. The summed E-state index contributed by atoms with van der Waals surface area (Å²) < 4.78 is 0. The number of rotatable bonds is 7. The van der Waals surface area contributed by atoms with Crippen LogP contribution >= 0.6 is 24.0 Å². The van der Waals surface area contributed by atoms with E-state index in [4.69, 9.17) is 0 Å². The van der Waals surface area contributed by atoms with E-state index in [2.05, 4.69) is 32.5 Å². The van der Waals surface area contributed by atoms with Gasteiger partial charge in [0.25, 0.3) is 0 Å². The number of carbonyl (C=O) groups excluding carboxylic acids is 1. The molecule has 3 aliphatic rings. The third-order valence-corrected chi connectivity index (χ3v) is 6.95. The average molecular weight is 520 g/mol. The van der Waals surface area contributed by atoms with Crippen LogP contribution in [0.1, 0.15) is 70.6 Å². The summed E-state index contributed by atoms with van der Waals surface area (Å²) in [6.45, 7) is 3.78. The Morgan fingerprint density at radius 3 is 2.45 bits per heavy atom. The molecule has 1 saturated heterocycles. The Morgan fingerprint density at radius 1 is 1.07 bits per heavy atom. The van der Waals surface area contributed by atoms with Gasteiger partial charge in [-0.2, -0.15) is 0 Å². The van der Waals surface area contributed by atoms with Crippen LogP contribution in [-0.2, 0) is 4.79 Å². The highest BCUT2D eigenvalue weighted by Gasteiger charge is 2.32. The molecule has 1 heterocycles. The summed E-state index contributed by atoms with van der Waals surface area (Å²) in [5, 5.41) is 6.99. The zero-order valence-corrected chi connectivity index (χ0v) is 20.8. The topological polar surface area (TPSA) is 60.0 Å². The van der Waals surface area contributed by atoms with E-state index in [-0.39, 0.29) is 29.9 Å². The van der Waals surface area contributed by atoms with Crippen LogP contribution in [0.2, 0.25) is 0 Å². The molecule has 29 heavy (non-hydrogen) atoms. The summed E-state index contributed by atoms with van der Waals surface area (Å²) in [4.78, 5) is 21.6. The van der Waals surface area contributed by atoms with Crippen molar-refractivity contribution in [2.45, 2.75) is 82.7 Å². The van der Waals surface area contributed by atoms with Crippen LogP contribution in [0.4, 0.5) is 0 Å². The third kappa shape index (κ3) is 7.56. The number of likely N-dealkylation sites (tertiary alicyclic amines) is 1. The first-order chi connectivity index (χ1) is 13.7. The third-order valence-electron chi connectivity index (χ3n) is 6.95. The summed E-state index contributed by atoms with van der Waals surface area (Å²) in [5.74, 6) is 1.55. The number of halogens is 1. The summed E-state index contributed by atoms with van der Waals surface area (Å²) in [7, 11) is 4.11. The fraction of sp³-hybridized carbons (Fsp3) is 0.909. The Labute approximate surface area is 194 Å². The van der Waals surface area contributed by atoms with Gasteiger partial charge in [-0.25, -0.2) is 0 Å². The second kappa shape index (κ2) is 13.0. The van der Waals surface area contributed by atoms with Gasteiger partial charge in [0.15, 0.2) is 5.96 Å². The molecule has 7 heteroatoms. The van der Waals surface area contributed by atoms with Gasteiger partial charge in [0, 0.05) is 44.7 Å². The number of nitrogens with zero attached hydrogens (tertiary/aromatic N) is 3. The molecule has 0 aromatic heterocycles. The molecule has 2 N–H and O–H groups in total. The largest absolute Gasteiger partial charge is 0.356 e. The molecule has 0 bridgehead atoms. The van der Waals surface area contributed by atoms with E-state index in [1.807, 2.05) is 7.05 Å². The second-order valence-corrected chi connectivity index (χ2v) is 9.02. The average Bonchev–Trinajstić information content (AvgIpc) is 3.42. The van der Waals surface area contributed by atoms with E-state index in [9.17, 15) is 4.79 Å². The monoisotopic (exact) mass is 519 g/mol. The van der Waals surface area contributed by atoms with Crippen molar-refractivity contribution < 1.29 is 4.79 Å². The molecule has 0 spiro atoms. The summed E-state index contributed by atoms with van der Waals surface area (Å²) in [5.41, 5.74) is 0. The van der Waals surface area contributed by atoms with E-state index in [0.717, 1.165) is 63.9 Å². The molecule has 3 fully saturated rings. The normalized spacial score (nSPS) is 24.0. The summed E-state index contributed by atoms with van der Waals surface area (Å²) in [6, 6.07) is 1.11. The lowest BCUT2D eigenvalue weighted by molar-refractivity contribution is -0.134. The highest BCUT2D eigenvalue weighted by atomic mass is 127. The first kappa shape index (κ1) is 24.7. The standard InChI is InChI=1S/C22H41N5O.HI/c1-23-22(24-14-8-15-26(2)20-11-4-3-5-12-20)25-19-13-16-27(17-19)21(28)18-9-6-7-10-18;/h18-20H,3-17H2,1-2H3,(H2,23,24,25);1H. The van der Waals surface area contributed by atoms with Gasteiger partial charge in [0.05, 0.1) is 0 Å². The lowest BCUT2D eigenvalue weighted by Crippen LogP contribution is -2.46. The van der Waals surface area contributed by atoms with Crippen LogP contribution in [-0.4, -0.2) is 74.0 Å². The van der Waals surface area contributed by atoms with Gasteiger partial charge in [-0.05, 0) is 52.1 Å². The second-order valence-electron chi connectivity index (χ2n) is 9.02. The van der Waals surface area contributed by atoms with E-state index in [0.29, 0.717) is 11.9 Å². The summed E-state index contributed by atoms with van der Waals surface area (Å²) in [6.07, 6.45) is 13.7. The SMILES string of the molecule is CN=C(NCCCN(C)C1CCCCC1)NC1CCN(C(=O)C2CCCC2)C1.I. The Morgan fingerprint density at radius 2 is 1.76 bits per heavy atom. The van der Waals surface area contributed by atoms with E-state index in [1.54, 1.807) is 0 Å². The molecule has 0 aromatic rings. The number of hydrogen-bond acceptors (Lipinski definition) is 3. The predicted octanol–water partition coefficient (Wildman–Crippen LogP) is 3.22. The van der Waals surface area contributed by atoms with Crippen LogP contribution in [0.15, 0.2) is 4.99 Å². The molecular weight excluding hydrogens is 477 g/mol. The number of hydrogen-bond donors (Lipinski definition) is 2.